The number of phenolic OH excluding ortho intramolecular Hbond substituents is 1. The second kappa shape index (κ2) is 11.2. The normalized spacial score (nSPS) is 13.2. The van der Waals surface area contributed by atoms with Crippen LogP contribution in [0.15, 0.2) is 48.5 Å². The highest BCUT2D eigenvalue weighted by molar-refractivity contribution is 7.31. The zero-order valence-electron chi connectivity index (χ0n) is 20.1. The first-order valence-electron chi connectivity index (χ1n) is 10.9. The fourth-order valence-electron chi connectivity index (χ4n) is 3.88. The molecule has 12 heteroatoms. The summed E-state index contributed by atoms with van der Waals surface area (Å²) in [5.74, 6) is -0.615. The molecule has 0 aliphatic carbocycles. The Morgan fingerprint density at radius 2 is 1.56 bits per heavy atom. The van der Waals surface area contributed by atoms with Crippen LogP contribution < -0.4 is 5.32 Å². The van der Waals surface area contributed by atoms with E-state index in [-0.39, 0.29) is 18.2 Å². The summed E-state index contributed by atoms with van der Waals surface area (Å²) in [5, 5.41) is 21.6. The molecule has 0 aliphatic rings. The largest absolute Gasteiger partial charge is 0.508 e. The number of nitrogens with one attached hydrogen (secondary N) is 1. The third-order valence-corrected chi connectivity index (χ3v) is 16.4. The summed E-state index contributed by atoms with van der Waals surface area (Å²) in [6.45, 7) is 4.80. The molecule has 1 unspecified atom stereocenters. The standard InChI is InChI=1S/C22H32N4O6Si2/c1-29-34(30-2,31-3)33(4,5)32-15-14-23-22(28)19(17-10-12-18(27)13-11-17)16-26-24-20-8-6-7-9-21(20)25-26/h6-13,19,27H,14-16H2,1-5H3,(H,23,28). The Labute approximate surface area is 201 Å². The van der Waals surface area contributed by atoms with Crippen LogP contribution in [-0.4, -0.2) is 76.6 Å². The van der Waals surface area contributed by atoms with E-state index in [0.717, 1.165) is 16.6 Å². The number of hydrogen-bond donors (Lipinski definition) is 2. The van der Waals surface area contributed by atoms with Crippen molar-refractivity contribution in [2.45, 2.75) is 25.6 Å². The van der Waals surface area contributed by atoms with Crippen LogP contribution in [0.2, 0.25) is 13.1 Å². The molecule has 1 amide bonds. The van der Waals surface area contributed by atoms with Crippen LogP contribution in [0.4, 0.5) is 0 Å². The van der Waals surface area contributed by atoms with E-state index in [9.17, 15) is 9.90 Å². The molecule has 34 heavy (non-hydrogen) atoms. The molecular weight excluding hydrogens is 472 g/mol. The summed E-state index contributed by atoms with van der Waals surface area (Å²) >= 11 is 0. The summed E-state index contributed by atoms with van der Waals surface area (Å²) < 4.78 is 22.9. The third-order valence-electron chi connectivity index (χ3n) is 5.69. The predicted octanol–water partition coefficient (Wildman–Crippen LogP) is 2.22. The van der Waals surface area contributed by atoms with Crippen molar-refractivity contribution in [3.63, 3.8) is 0 Å². The fraction of sp³-hybridized carbons (Fsp3) is 0.409. The molecule has 0 aliphatic heterocycles. The topological polar surface area (TPSA) is 117 Å². The molecule has 0 fully saturated rings. The van der Waals surface area contributed by atoms with Crippen LogP contribution in [0.25, 0.3) is 11.0 Å². The lowest BCUT2D eigenvalue weighted by Gasteiger charge is -2.36. The molecule has 0 spiro atoms. The quantitative estimate of drug-likeness (QED) is 0.285. The van der Waals surface area contributed by atoms with Crippen LogP contribution in [0.1, 0.15) is 11.5 Å². The van der Waals surface area contributed by atoms with Gasteiger partial charge in [0.2, 0.25) is 5.91 Å². The summed E-state index contributed by atoms with van der Waals surface area (Å²) in [6.07, 6.45) is 0. The number of aromatic hydroxyl groups is 1. The van der Waals surface area contributed by atoms with E-state index in [1.165, 1.54) is 4.80 Å². The number of nitrogens with zero attached hydrogens (tertiary/aromatic N) is 3. The Balaban J connectivity index is 1.68. The van der Waals surface area contributed by atoms with Gasteiger partial charge in [0.1, 0.15) is 16.8 Å². The molecule has 1 atom stereocenters. The van der Waals surface area contributed by atoms with Gasteiger partial charge in [-0.2, -0.15) is 15.0 Å². The lowest BCUT2D eigenvalue weighted by molar-refractivity contribution is -0.123. The van der Waals surface area contributed by atoms with Crippen LogP contribution >= 0.6 is 0 Å². The smallest absolute Gasteiger partial charge is 0.502 e. The highest BCUT2D eigenvalue weighted by Gasteiger charge is 2.57. The summed E-state index contributed by atoms with van der Waals surface area (Å²) in [5.41, 5.74) is 2.27. The van der Waals surface area contributed by atoms with Gasteiger partial charge < -0.3 is 28.1 Å². The number of carbonyl (C=O) groups excluding carboxylic acids is 1. The molecule has 3 aromatic rings. The van der Waals surface area contributed by atoms with Gasteiger partial charge in [-0.25, -0.2) is 0 Å². The summed E-state index contributed by atoms with van der Waals surface area (Å²) in [6, 6.07) is 14.1. The first kappa shape index (κ1) is 26.0. The first-order chi connectivity index (χ1) is 16.2. The Morgan fingerprint density at radius 3 is 2.09 bits per heavy atom. The Kier molecular flexibility index (Phi) is 8.57. The number of phenols is 1. The molecule has 0 saturated heterocycles. The van der Waals surface area contributed by atoms with Gasteiger partial charge in [0.15, 0.2) is 0 Å². The second-order valence-electron chi connectivity index (χ2n) is 8.21. The fourth-order valence-corrected chi connectivity index (χ4v) is 11.9. The van der Waals surface area contributed by atoms with E-state index < -0.39 is 22.1 Å². The van der Waals surface area contributed by atoms with Gasteiger partial charge in [0.05, 0.1) is 19.1 Å². The molecule has 0 saturated carbocycles. The number of carbonyl (C=O) groups is 1. The first-order valence-corrected chi connectivity index (χ1v) is 16.5. The van der Waals surface area contributed by atoms with Crippen molar-refractivity contribution in [2.24, 2.45) is 0 Å². The van der Waals surface area contributed by atoms with Gasteiger partial charge in [0, 0.05) is 27.9 Å². The Hall–Kier alpha value is -2.62. The minimum atomic E-state index is -2.91. The van der Waals surface area contributed by atoms with Gasteiger partial charge in [-0.3, -0.25) is 4.79 Å². The van der Waals surface area contributed by atoms with E-state index in [1.54, 1.807) is 45.6 Å². The molecule has 10 nitrogen and oxygen atoms in total. The van der Waals surface area contributed by atoms with E-state index in [0.29, 0.717) is 13.2 Å². The van der Waals surface area contributed by atoms with Crippen LogP contribution in [0.5, 0.6) is 5.75 Å². The number of amides is 1. The van der Waals surface area contributed by atoms with E-state index in [1.807, 2.05) is 37.4 Å². The molecule has 0 bridgehead atoms. The highest BCUT2D eigenvalue weighted by Crippen LogP contribution is 2.23. The zero-order valence-corrected chi connectivity index (χ0v) is 22.1. The molecule has 1 aromatic heterocycles. The van der Waals surface area contributed by atoms with Crippen molar-refractivity contribution >= 4 is 33.1 Å². The van der Waals surface area contributed by atoms with E-state index >= 15 is 0 Å². The maximum Gasteiger partial charge on any atom is 0.502 e. The SMILES string of the molecule is CO[Si](OC)(OC)[Si](C)(C)OCCNC(=O)C(Cn1nc2ccccc2n1)c1ccc(O)cc1. The second-order valence-corrected chi connectivity index (χ2v) is 19.3. The number of fused-ring (bicyclic) bond motifs is 1. The monoisotopic (exact) mass is 504 g/mol. The minimum Gasteiger partial charge on any atom is -0.508 e. The molecule has 2 N–H and O–H groups in total. The average molecular weight is 505 g/mol. The maximum absolute atomic E-state index is 13.2. The summed E-state index contributed by atoms with van der Waals surface area (Å²) in [7, 11) is -0.682. The minimum absolute atomic E-state index is 0.133. The maximum atomic E-state index is 13.2. The van der Waals surface area contributed by atoms with Gasteiger partial charge in [-0.15, -0.1) is 0 Å². The molecule has 1 heterocycles. The average Bonchev–Trinajstić information content (AvgIpc) is 3.25. The third kappa shape index (κ3) is 5.71. The van der Waals surface area contributed by atoms with Crippen LogP contribution in [0, 0.1) is 0 Å². The van der Waals surface area contributed by atoms with Gasteiger partial charge >= 0.3 is 8.32 Å². The lowest BCUT2D eigenvalue weighted by atomic mass is 9.98. The molecule has 2 aromatic carbocycles. The van der Waals surface area contributed by atoms with Gasteiger partial charge in [-0.05, 0) is 42.9 Å². The Morgan fingerprint density at radius 1 is 1.00 bits per heavy atom. The number of rotatable bonds is 12. The number of benzene rings is 2. The van der Waals surface area contributed by atoms with Crippen molar-refractivity contribution in [1.29, 1.82) is 0 Å². The number of hydrogen-bond acceptors (Lipinski definition) is 8. The van der Waals surface area contributed by atoms with Crippen molar-refractivity contribution < 1.29 is 27.6 Å². The molecular formula is C22H32N4O6Si2. The summed E-state index contributed by atoms with van der Waals surface area (Å²) in [4.78, 5) is 14.7. The Bertz CT molecular complexity index is 1050. The van der Waals surface area contributed by atoms with Gasteiger partial charge in [-0.1, -0.05) is 24.3 Å². The van der Waals surface area contributed by atoms with Crippen molar-refractivity contribution in [3.8, 4) is 5.75 Å². The van der Waals surface area contributed by atoms with Crippen LogP contribution in [-0.2, 0) is 29.0 Å². The number of aromatic nitrogens is 3. The predicted molar refractivity (Wildman–Crippen MR) is 132 cm³/mol. The lowest BCUT2D eigenvalue weighted by Crippen LogP contribution is -2.66. The molecule has 3 rings (SSSR count). The van der Waals surface area contributed by atoms with Crippen LogP contribution in [0.3, 0.4) is 0 Å². The molecule has 184 valence electrons. The zero-order chi connectivity index (χ0) is 24.8. The van der Waals surface area contributed by atoms with Gasteiger partial charge in [0.25, 0.3) is 7.83 Å². The van der Waals surface area contributed by atoms with E-state index in [4.69, 9.17) is 17.7 Å². The van der Waals surface area contributed by atoms with E-state index in [2.05, 4.69) is 15.5 Å². The highest BCUT2D eigenvalue weighted by atomic mass is 29.3. The van der Waals surface area contributed by atoms with Crippen molar-refractivity contribution in [2.75, 3.05) is 34.5 Å². The van der Waals surface area contributed by atoms with Crippen molar-refractivity contribution in [1.82, 2.24) is 20.3 Å². The van der Waals surface area contributed by atoms with Crippen molar-refractivity contribution in [3.05, 3.63) is 54.1 Å². The molecule has 0 radical (unpaired) electrons.